The second-order valence-electron chi connectivity index (χ2n) is 10.5. The molecule has 15 heteroatoms. The van der Waals surface area contributed by atoms with Crippen molar-refractivity contribution in [2.24, 2.45) is 0 Å². The molecule has 0 radical (unpaired) electrons. The van der Waals surface area contributed by atoms with Crippen LogP contribution in [0.4, 0.5) is 0 Å². The standard InChI is InChI=1S/C29H29N11O4/c1-17-33-35-37-39(17)30-15-19-8-10-25(41)23(12-19)27(21-6-5-7-22(14-21)32-28(43)29(3,4)44)24-13-20(9-11-26(24)42)16-31-40-18(2)34-36-38-40/h5,7-16,30-31,44H,6H2,1-4H3,(H,32,43)/b19-15+,20-16+. The van der Waals surface area contributed by atoms with E-state index < -0.39 is 11.5 Å². The number of aromatic nitrogens is 8. The summed E-state index contributed by atoms with van der Waals surface area (Å²) in [5, 5.41) is 35.4. The Morgan fingerprint density at radius 2 is 1.36 bits per heavy atom. The number of nitrogens with one attached hydrogen (secondary N) is 3. The van der Waals surface area contributed by atoms with Crippen molar-refractivity contribution in [3.63, 3.8) is 0 Å². The Kier molecular flexibility index (Phi) is 8.21. The van der Waals surface area contributed by atoms with E-state index in [-0.39, 0.29) is 22.7 Å². The Hall–Kier alpha value is -5.83. The molecule has 0 aliphatic heterocycles. The van der Waals surface area contributed by atoms with E-state index in [0.29, 0.717) is 46.1 Å². The molecule has 0 saturated carbocycles. The second kappa shape index (κ2) is 12.2. The van der Waals surface area contributed by atoms with E-state index in [4.69, 9.17) is 0 Å². The molecule has 5 rings (SSSR count). The van der Waals surface area contributed by atoms with Crippen molar-refractivity contribution in [1.29, 1.82) is 0 Å². The smallest absolute Gasteiger partial charge is 0.255 e. The van der Waals surface area contributed by atoms with Crippen molar-refractivity contribution in [2.45, 2.75) is 39.7 Å². The number of hydrogen-bond donors (Lipinski definition) is 4. The fraction of sp³-hybridized carbons (Fsp3) is 0.207. The predicted octanol–water partition coefficient (Wildman–Crippen LogP) is 0.990. The van der Waals surface area contributed by atoms with Crippen molar-refractivity contribution in [2.75, 3.05) is 10.9 Å². The molecule has 0 atom stereocenters. The zero-order chi connectivity index (χ0) is 31.4. The first-order chi connectivity index (χ1) is 21.0. The number of allylic oxidation sites excluding steroid dienone is 15. The van der Waals surface area contributed by atoms with Crippen molar-refractivity contribution < 1.29 is 19.5 Å². The summed E-state index contributed by atoms with van der Waals surface area (Å²) in [4.78, 5) is 42.1. The minimum absolute atomic E-state index is 0.266. The number of nitrogens with zero attached hydrogens (tertiary/aromatic N) is 8. The molecule has 44 heavy (non-hydrogen) atoms. The van der Waals surface area contributed by atoms with E-state index in [9.17, 15) is 19.5 Å². The number of tetrazole rings is 2. The third-order valence-corrected chi connectivity index (χ3v) is 6.60. The highest BCUT2D eigenvalue weighted by molar-refractivity contribution is 6.17. The lowest BCUT2D eigenvalue weighted by Crippen LogP contribution is -2.41. The fourth-order valence-electron chi connectivity index (χ4n) is 4.27. The summed E-state index contributed by atoms with van der Waals surface area (Å²) in [6, 6.07) is 0. The maximum atomic E-state index is 13.4. The van der Waals surface area contributed by atoms with Gasteiger partial charge in [-0.1, -0.05) is 6.08 Å². The van der Waals surface area contributed by atoms with Crippen molar-refractivity contribution in [3.8, 4) is 0 Å². The lowest BCUT2D eigenvalue weighted by Gasteiger charge is -2.23. The normalized spacial score (nSPS) is 18.4. The van der Waals surface area contributed by atoms with Crippen LogP contribution >= 0.6 is 0 Å². The minimum Gasteiger partial charge on any atom is -0.381 e. The summed E-state index contributed by atoms with van der Waals surface area (Å²) < 4.78 is 0. The van der Waals surface area contributed by atoms with Gasteiger partial charge in [-0.05, 0) is 120 Å². The summed E-state index contributed by atoms with van der Waals surface area (Å²) in [6.45, 7) is 6.21. The number of aryl methyl sites for hydroxylation is 2. The first kappa shape index (κ1) is 29.7. The molecule has 2 heterocycles. The predicted molar refractivity (Wildman–Crippen MR) is 158 cm³/mol. The highest BCUT2D eigenvalue weighted by Crippen LogP contribution is 2.35. The molecule has 224 valence electrons. The Bertz CT molecular complexity index is 1720. The molecular formula is C29H29N11O4. The third-order valence-electron chi connectivity index (χ3n) is 6.60. The van der Waals surface area contributed by atoms with Gasteiger partial charge in [0, 0.05) is 34.8 Å². The van der Waals surface area contributed by atoms with Crippen LogP contribution in [0, 0.1) is 13.8 Å². The van der Waals surface area contributed by atoms with Crippen molar-refractivity contribution in [3.05, 3.63) is 118 Å². The number of ketones is 2. The van der Waals surface area contributed by atoms with Crippen LogP contribution in [0.3, 0.4) is 0 Å². The van der Waals surface area contributed by atoms with Gasteiger partial charge in [-0.3, -0.25) is 25.2 Å². The molecule has 3 aliphatic rings. The molecule has 0 saturated heterocycles. The maximum Gasteiger partial charge on any atom is 0.255 e. The molecule has 0 unspecified atom stereocenters. The van der Waals surface area contributed by atoms with Crippen molar-refractivity contribution in [1.82, 2.24) is 45.9 Å². The van der Waals surface area contributed by atoms with Crippen LogP contribution in [0.2, 0.25) is 0 Å². The SMILES string of the molecule is Cc1nnnn1N/C=C1\C=CC(=O)C(C(C2=C/C(=C/Nn3nnnc3C)C=CC2=O)=C2C=C(NC(=O)C(C)(C)O)C=CC2)=C1. The number of carbonyl (C=O) groups excluding carboxylic acids is 3. The van der Waals surface area contributed by atoms with Crippen LogP contribution in [-0.4, -0.2) is 68.8 Å². The van der Waals surface area contributed by atoms with Gasteiger partial charge in [0.25, 0.3) is 5.91 Å². The molecular weight excluding hydrogens is 566 g/mol. The fourth-order valence-corrected chi connectivity index (χ4v) is 4.27. The highest BCUT2D eigenvalue weighted by atomic mass is 16.3. The lowest BCUT2D eigenvalue weighted by atomic mass is 9.81. The molecule has 1 amide bonds. The van der Waals surface area contributed by atoms with E-state index >= 15 is 0 Å². The van der Waals surface area contributed by atoms with Crippen molar-refractivity contribution >= 4 is 17.5 Å². The van der Waals surface area contributed by atoms with Crippen LogP contribution in [0.5, 0.6) is 0 Å². The average molecular weight is 596 g/mol. The van der Waals surface area contributed by atoms with Crippen LogP contribution in [0.25, 0.3) is 0 Å². The zero-order valence-electron chi connectivity index (χ0n) is 24.3. The van der Waals surface area contributed by atoms with E-state index in [1.54, 1.807) is 68.8 Å². The highest BCUT2D eigenvalue weighted by Gasteiger charge is 2.28. The van der Waals surface area contributed by atoms with Crippen LogP contribution in [0.1, 0.15) is 31.9 Å². The van der Waals surface area contributed by atoms with Gasteiger partial charge >= 0.3 is 0 Å². The summed E-state index contributed by atoms with van der Waals surface area (Å²) in [5.74, 6) is -0.182. The first-order valence-electron chi connectivity index (χ1n) is 13.5. The Labute approximate surface area is 251 Å². The van der Waals surface area contributed by atoms with Gasteiger partial charge < -0.3 is 10.4 Å². The van der Waals surface area contributed by atoms with Gasteiger partial charge in [0.05, 0.1) is 0 Å². The molecule has 2 aromatic heterocycles. The van der Waals surface area contributed by atoms with E-state index in [2.05, 4.69) is 47.2 Å². The maximum absolute atomic E-state index is 13.4. The molecule has 0 fully saturated rings. The Morgan fingerprint density at radius 3 is 1.82 bits per heavy atom. The largest absolute Gasteiger partial charge is 0.381 e. The van der Waals surface area contributed by atoms with Gasteiger partial charge in [-0.15, -0.1) is 19.8 Å². The van der Waals surface area contributed by atoms with Gasteiger partial charge in [-0.25, -0.2) is 0 Å². The molecule has 15 nitrogen and oxygen atoms in total. The number of amides is 1. The van der Waals surface area contributed by atoms with E-state index in [1.165, 1.54) is 35.6 Å². The number of carbonyl (C=O) groups is 3. The Morgan fingerprint density at radius 1 is 0.841 bits per heavy atom. The topological polar surface area (TPSA) is 195 Å². The number of hydrogen-bond acceptors (Lipinski definition) is 12. The summed E-state index contributed by atoms with van der Waals surface area (Å²) >= 11 is 0. The monoisotopic (exact) mass is 595 g/mol. The van der Waals surface area contributed by atoms with Crippen LogP contribution < -0.4 is 16.2 Å². The van der Waals surface area contributed by atoms with Gasteiger partial charge in [0.1, 0.15) is 5.60 Å². The van der Waals surface area contributed by atoms with Gasteiger partial charge in [0.15, 0.2) is 23.2 Å². The summed E-state index contributed by atoms with van der Waals surface area (Å²) in [7, 11) is 0. The average Bonchev–Trinajstić information content (AvgIpc) is 3.60. The number of rotatable bonds is 8. The van der Waals surface area contributed by atoms with Crippen LogP contribution in [-0.2, 0) is 14.4 Å². The quantitative estimate of drug-likeness (QED) is 0.338. The molecule has 0 bridgehead atoms. The molecule has 0 spiro atoms. The summed E-state index contributed by atoms with van der Waals surface area (Å²) in [5.41, 5.74) is 7.46. The van der Waals surface area contributed by atoms with Gasteiger partial charge in [0.2, 0.25) is 0 Å². The Balaban J connectivity index is 1.60. The first-order valence-corrected chi connectivity index (χ1v) is 13.5. The summed E-state index contributed by atoms with van der Waals surface area (Å²) in [6.07, 6.45) is 18.2. The molecule has 4 N–H and O–H groups in total. The van der Waals surface area contributed by atoms with E-state index in [0.717, 1.165) is 0 Å². The zero-order valence-corrected chi connectivity index (χ0v) is 24.3. The molecule has 3 aliphatic carbocycles. The minimum atomic E-state index is -1.62. The molecule has 2 aromatic rings. The van der Waals surface area contributed by atoms with Gasteiger partial charge in [-0.2, -0.15) is 0 Å². The molecule has 0 aromatic carbocycles. The second-order valence-corrected chi connectivity index (χ2v) is 10.5. The number of aliphatic hydroxyl groups is 1. The third kappa shape index (κ3) is 6.63. The van der Waals surface area contributed by atoms with Crippen LogP contribution in [0.15, 0.2) is 106 Å². The van der Waals surface area contributed by atoms with E-state index in [1.807, 2.05) is 0 Å². The lowest BCUT2D eigenvalue weighted by molar-refractivity contribution is -0.135.